The number of hydrogen-bond donors (Lipinski definition) is 1. The predicted molar refractivity (Wildman–Crippen MR) is 125 cm³/mol. The van der Waals surface area contributed by atoms with E-state index in [0.29, 0.717) is 23.5 Å². The molecule has 0 amide bonds. The fourth-order valence-corrected chi connectivity index (χ4v) is 1.79. The molecule has 0 aromatic rings. The summed E-state index contributed by atoms with van der Waals surface area (Å²) in [5.41, 5.74) is 0. The number of carbonyl (C=O) groups is 4. The van der Waals surface area contributed by atoms with Crippen molar-refractivity contribution in [3.05, 3.63) is 25.3 Å². The van der Waals surface area contributed by atoms with Gasteiger partial charge in [-0.2, -0.15) is 0 Å². The second-order valence-electron chi connectivity index (χ2n) is 4.02. The van der Waals surface area contributed by atoms with Crippen LogP contribution in [0.1, 0.15) is 12.8 Å². The third kappa shape index (κ3) is 45.9. The standard InChI is InChI=1S/C8H11BrO4.C5H8O3.C3H4BrClO.CH2Cl2/c1-2-7(10)12-5-6-13-8(11)3-4-9;1-2-5(7)8-4-3-6;4-2-1-3(5)6;2-1-3/h2H,1,3-6H2;2,6H,1,3-4H2;1-2H2;1H2. The van der Waals surface area contributed by atoms with Gasteiger partial charge in [0.15, 0.2) is 0 Å². The lowest BCUT2D eigenvalue weighted by atomic mass is 10.5. The highest BCUT2D eigenvalue weighted by Crippen LogP contribution is 1.92. The highest BCUT2D eigenvalue weighted by atomic mass is 79.9. The van der Waals surface area contributed by atoms with Crippen LogP contribution in [0.4, 0.5) is 0 Å². The van der Waals surface area contributed by atoms with Crippen LogP contribution in [0.3, 0.4) is 0 Å². The largest absolute Gasteiger partial charge is 0.462 e. The molecule has 0 saturated carbocycles. The summed E-state index contributed by atoms with van der Waals surface area (Å²) in [5.74, 6) is -1.33. The molecule has 1 N–H and O–H groups in total. The third-order valence-electron chi connectivity index (χ3n) is 1.85. The Labute approximate surface area is 208 Å². The van der Waals surface area contributed by atoms with Gasteiger partial charge in [-0.25, -0.2) is 9.59 Å². The highest BCUT2D eigenvalue weighted by Gasteiger charge is 2.01. The first-order chi connectivity index (χ1) is 14.2. The molecule has 0 bridgehead atoms. The van der Waals surface area contributed by atoms with E-state index in [9.17, 15) is 19.2 Å². The quantitative estimate of drug-likeness (QED) is 0.0926. The van der Waals surface area contributed by atoms with Gasteiger partial charge in [0.25, 0.3) is 0 Å². The van der Waals surface area contributed by atoms with Crippen molar-refractivity contribution in [3.8, 4) is 0 Å². The average molecular weight is 624 g/mol. The van der Waals surface area contributed by atoms with Crippen LogP contribution < -0.4 is 0 Å². The first-order valence-corrected chi connectivity index (χ1v) is 11.7. The molecule has 0 heterocycles. The molecule has 0 spiro atoms. The van der Waals surface area contributed by atoms with Crippen LogP contribution in [0.5, 0.6) is 0 Å². The van der Waals surface area contributed by atoms with Crippen molar-refractivity contribution < 1.29 is 38.5 Å². The zero-order chi connectivity index (χ0) is 24.2. The molecule has 176 valence electrons. The maximum Gasteiger partial charge on any atom is 0.330 e. The number of aliphatic hydroxyl groups excluding tert-OH is 1. The molecular weight excluding hydrogens is 598 g/mol. The summed E-state index contributed by atoms with van der Waals surface area (Å²) in [6, 6.07) is 0. The fourth-order valence-electron chi connectivity index (χ4n) is 0.785. The molecule has 0 atom stereocenters. The Balaban J connectivity index is -0.000000170. The Morgan fingerprint density at radius 2 is 1.23 bits per heavy atom. The zero-order valence-corrected chi connectivity index (χ0v) is 21.6. The molecule has 0 unspecified atom stereocenters. The molecule has 0 rings (SSSR count). The van der Waals surface area contributed by atoms with Crippen LogP contribution in [0, 0.1) is 0 Å². The van der Waals surface area contributed by atoms with Gasteiger partial charge in [0, 0.05) is 29.2 Å². The Hall–Kier alpha value is -0.650. The topological polar surface area (TPSA) is 116 Å². The summed E-state index contributed by atoms with van der Waals surface area (Å²) in [7, 11) is 0. The van der Waals surface area contributed by atoms with Crippen molar-refractivity contribution >= 4 is 89.8 Å². The molecule has 8 nitrogen and oxygen atoms in total. The van der Waals surface area contributed by atoms with Gasteiger partial charge in [0.2, 0.25) is 5.24 Å². The van der Waals surface area contributed by atoms with Gasteiger partial charge >= 0.3 is 17.9 Å². The molecule has 0 aromatic heterocycles. The van der Waals surface area contributed by atoms with Crippen LogP contribution in [0.15, 0.2) is 25.3 Å². The number of carbonyl (C=O) groups excluding carboxylic acids is 4. The number of esters is 3. The van der Waals surface area contributed by atoms with Gasteiger partial charge in [-0.15, -0.1) is 23.2 Å². The molecule has 0 aromatic carbocycles. The Bertz CT molecular complexity index is 480. The van der Waals surface area contributed by atoms with E-state index in [1.807, 2.05) is 0 Å². The minimum Gasteiger partial charge on any atom is -0.462 e. The van der Waals surface area contributed by atoms with Crippen LogP contribution in [0.25, 0.3) is 0 Å². The highest BCUT2D eigenvalue weighted by molar-refractivity contribution is 9.09. The molecular formula is C17H25Br2Cl3O8. The van der Waals surface area contributed by atoms with Gasteiger partial charge in [0.05, 0.1) is 18.4 Å². The number of rotatable bonds is 11. The van der Waals surface area contributed by atoms with Crippen molar-refractivity contribution in [3.63, 3.8) is 0 Å². The first kappa shape index (κ1) is 36.7. The molecule has 0 fully saturated rings. The number of hydrogen-bond acceptors (Lipinski definition) is 8. The van der Waals surface area contributed by atoms with Crippen molar-refractivity contribution in [1.29, 1.82) is 0 Å². The second kappa shape index (κ2) is 33.0. The average Bonchev–Trinajstić information content (AvgIpc) is 2.70. The summed E-state index contributed by atoms with van der Waals surface area (Å²) in [4.78, 5) is 41.1. The van der Waals surface area contributed by atoms with Crippen molar-refractivity contribution in [2.24, 2.45) is 0 Å². The van der Waals surface area contributed by atoms with Crippen LogP contribution >= 0.6 is 66.7 Å². The molecule has 13 heteroatoms. The van der Waals surface area contributed by atoms with Crippen LogP contribution in [-0.4, -0.2) is 70.7 Å². The summed E-state index contributed by atoms with van der Waals surface area (Å²) in [5, 5.41) is 9.24. The second-order valence-corrected chi connectivity index (χ2v) is 6.84. The SMILES string of the molecule is C=CC(=O)OCCO.C=CC(=O)OCCOC(=O)CCBr.ClCCl.O=C(Cl)CCBr. The first-order valence-electron chi connectivity index (χ1n) is 7.97. The predicted octanol–water partition coefficient (Wildman–Crippen LogP) is 3.71. The van der Waals surface area contributed by atoms with Gasteiger partial charge < -0.3 is 19.3 Å². The Kier molecular flexibility index (Phi) is 40.4. The summed E-state index contributed by atoms with van der Waals surface area (Å²) in [6.45, 7) is 6.44. The maximum absolute atomic E-state index is 10.7. The molecule has 0 aliphatic heterocycles. The van der Waals surface area contributed by atoms with Gasteiger partial charge in [-0.1, -0.05) is 45.0 Å². The van der Waals surface area contributed by atoms with E-state index >= 15 is 0 Å². The normalized spacial score (nSPS) is 8.33. The monoisotopic (exact) mass is 620 g/mol. The van der Waals surface area contributed by atoms with Gasteiger partial charge in [-0.05, 0) is 11.6 Å². The van der Waals surface area contributed by atoms with E-state index in [-0.39, 0.29) is 43.0 Å². The lowest BCUT2D eigenvalue weighted by Crippen LogP contribution is -2.12. The fraction of sp³-hybridized carbons (Fsp3) is 0.529. The summed E-state index contributed by atoms with van der Waals surface area (Å²) in [6.07, 6.45) is 2.84. The van der Waals surface area contributed by atoms with E-state index in [2.05, 4.69) is 54.5 Å². The van der Waals surface area contributed by atoms with Gasteiger partial charge in [-0.3, -0.25) is 9.59 Å². The molecule has 0 aliphatic carbocycles. The minimum atomic E-state index is -0.517. The van der Waals surface area contributed by atoms with E-state index in [0.717, 1.165) is 12.2 Å². The minimum absolute atomic E-state index is 0.0465. The maximum atomic E-state index is 10.7. The number of alkyl halides is 4. The van der Waals surface area contributed by atoms with E-state index in [4.69, 9.17) is 44.6 Å². The summed E-state index contributed by atoms with van der Waals surface area (Å²) < 4.78 is 13.6. The summed E-state index contributed by atoms with van der Waals surface area (Å²) >= 11 is 20.6. The number of aliphatic hydroxyl groups is 1. The van der Waals surface area contributed by atoms with Crippen molar-refractivity contribution in [1.82, 2.24) is 0 Å². The third-order valence-corrected chi connectivity index (χ3v) is 2.83. The molecule has 0 saturated heterocycles. The van der Waals surface area contributed by atoms with Crippen LogP contribution in [0.2, 0.25) is 0 Å². The van der Waals surface area contributed by atoms with Gasteiger partial charge in [0.1, 0.15) is 19.8 Å². The lowest BCUT2D eigenvalue weighted by Gasteiger charge is -2.03. The van der Waals surface area contributed by atoms with E-state index in [1.165, 1.54) is 0 Å². The molecule has 0 aliphatic rings. The molecule has 30 heavy (non-hydrogen) atoms. The van der Waals surface area contributed by atoms with E-state index in [1.54, 1.807) is 0 Å². The smallest absolute Gasteiger partial charge is 0.330 e. The zero-order valence-electron chi connectivity index (χ0n) is 16.1. The van der Waals surface area contributed by atoms with Crippen molar-refractivity contribution in [2.45, 2.75) is 12.8 Å². The van der Waals surface area contributed by atoms with Crippen LogP contribution in [-0.2, 0) is 33.4 Å². The van der Waals surface area contributed by atoms with Crippen molar-refractivity contribution in [2.75, 3.05) is 42.4 Å². The number of halogens is 5. The Morgan fingerprint density at radius 3 is 1.53 bits per heavy atom. The molecule has 0 radical (unpaired) electrons. The number of ether oxygens (including phenoxy) is 3. The lowest BCUT2D eigenvalue weighted by molar-refractivity contribution is -0.149. The van der Waals surface area contributed by atoms with E-state index < -0.39 is 11.9 Å². The Morgan fingerprint density at radius 1 is 0.833 bits per heavy atom.